The molecule has 0 spiro atoms. The molecular formula is C15H21NO5S. The maximum atomic E-state index is 12.1. The van der Waals surface area contributed by atoms with Gasteiger partial charge in [0.25, 0.3) is 0 Å². The van der Waals surface area contributed by atoms with Crippen LogP contribution in [0.1, 0.15) is 25.8 Å². The van der Waals surface area contributed by atoms with Crippen LogP contribution in [0.4, 0.5) is 0 Å². The van der Waals surface area contributed by atoms with Gasteiger partial charge in [-0.3, -0.25) is 9.59 Å². The maximum Gasteiger partial charge on any atom is 0.323 e. The normalized spacial score (nSPS) is 11.2. The molecule has 0 heterocycles. The fraction of sp³-hybridized carbons (Fsp3) is 0.467. The molecule has 0 bridgehead atoms. The smallest absolute Gasteiger partial charge is 0.323 e. The molecule has 0 aromatic heterocycles. The van der Waals surface area contributed by atoms with Gasteiger partial charge in [-0.2, -0.15) is 0 Å². The van der Waals surface area contributed by atoms with Crippen molar-refractivity contribution >= 4 is 21.7 Å². The van der Waals surface area contributed by atoms with Gasteiger partial charge in [-0.25, -0.2) is 8.42 Å². The molecule has 0 radical (unpaired) electrons. The molecule has 1 N–H and O–H groups in total. The molecule has 122 valence electrons. The fourth-order valence-electron chi connectivity index (χ4n) is 1.99. The highest BCUT2D eigenvalue weighted by Gasteiger charge is 2.17. The summed E-state index contributed by atoms with van der Waals surface area (Å²) in [6.45, 7) is 3.50. The summed E-state index contributed by atoms with van der Waals surface area (Å²) < 4.78 is 23.4. The lowest BCUT2D eigenvalue weighted by molar-refractivity contribution is -0.144. The molecule has 1 amide bonds. The molecule has 0 aliphatic rings. The number of benzene rings is 1. The zero-order chi connectivity index (χ0) is 16.8. The van der Waals surface area contributed by atoms with Crippen LogP contribution in [0.2, 0.25) is 0 Å². The van der Waals surface area contributed by atoms with Crippen LogP contribution in [-0.2, 0) is 25.8 Å². The van der Waals surface area contributed by atoms with Gasteiger partial charge in [0.15, 0.2) is 9.84 Å². The van der Waals surface area contributed by atoms with Crippen LogP contribution < -0.4 is 0 Å². The molecule has 0 atom stereocenters. The summed E-state index contributed by atoms with van der Waals surface area (Å²) in [5.41, 5.74) is 0.659. The van der Waals surface area contributed by atoms with Crippen molar-refractivity contribution in [3.8, 4) is 0 Å². The van der Waals surface area contributed by atoms with Crippen LogP contribution >= 0.6 is 0 Å². The summed E-state index contributed by atoms with van der Waals surface area (Å²) in [6, 6.07) is 6.13. The van der Waals surface area contributed by atoms with Crippen molar-refractivity contribution in [1.29, 1.82) is 0 Å². The zero-order valence-electron chi connectivity index (χ0n) is 12.8. The van der Waals surface area contributed by atoms with Crippen molar-refractivity contribution in [2.45, 2.75) is 31.6 Å². The van der Waals surface area contributed by atoms with Crippen LogP contribution in [-0.4, -0.2) is 49.1 Å². The summed E-state index contributed by atoms with van der Waals surface area (Å²) >= 11 is 0. The highest BCUT2D eigenvalue weighted by molar-refractivity contribution is 7.91. The first kappa shape index (κ1) is 18.2. The van der Waals surface area contributed by atoms with Gasteiger partial charge in [0.2, 0.25) is 5.91 Å². The van der Waals surface area contributed by atoms with Gasteiger partial charge in [-0.15, -0.1) is 0 Å². The molecular weight excluding hydrogens is 306 g/mol. The Labute approximate surface area is 130 Å². The van der Waals surface area contributed by atoms with E-state index in [4.69, 9.17) is 5.11 Å². The van der Waals surface area contributed by atoms with E-state index in [2.05, 4.69) is 0 Å². The van der Waals surface area contributed by atoms with Gasteiger partial charge in [0, 0.05) is 6.54 Å². The number of rotatable bonds is 8. The van der Waals surface area contributed by atoms with Crippen LogP contribution in [0.3, 0.4) is 0 Å². The van der Waals surface area contributed by atoms with Gasteiger partial charge >= 0.3 is 5.97 Å². The molecule has 0 unspecified atom stereocenters. The third-order valence-corrected chi connectivity index (χ3v) is 4.94. The Morgan fingerprint density at radius 1 is 1.14 bits per heavy atom. The van der Waals surface area contributed by atoms with E-state index in [0.29, 0.717) is 18.5 Å². The molecule has 0 fully saturated rings. The Morgan fingerprint density at radius 3 is 2.18 bits per heavy atom. The van der Waals surface area contributed by atoms with Crippen LogP contribution in [0, 0.1) is 0 Å². The van der Waals surface area contributed by atoms with Gasteiger partial charge < -0.3 is 10.0 Å². The quantitative estimate of drug-likeness (QED) is 0.778. The third-order valence-electron chi connectivity index (χ3n) is 3.19. The summed E-state index contributed by atoms with van der Waals surface area (Å²) in [5, 5.41) is 8.82. The van der Waals surface area contributed by atoms with Crippen LogP contribution in [0.15, 0.2) is 29.2 Å². The predicted octanol–water partition coefficient (Wildman–Crippen LogP) is 1.35. The lowest BCUT2D eigenvalue weighted by Crippen LogP contribution is -2.37. The van der Waals surface area contributed by atoms with Gasteiger partial charge in [-0.05, 0) is 24.1 Å². The molecule has 1 rings (SSSR count). The number of aliphatic carboxylic acids is 1. The molecule has 6 nitrogen and oxygen atoms in total. The molecule has 0 saturated heterocycles. The lowest BCUT2D eigenvalue weighted by atomic mass is 10.1. The first-order chi connectivity index (χ1) is 10.3. The number of carbonyl (C=O) groups excluding carboxylic acids is 1. The first-order valence-electron chi connectivity index (χ1n) is 7.11. The number of amides is 1. The standard InChI is InChI=1S/C15H21NO5S/c1-3-9-16(11-15(18)19)14(17)10-12-5-7-13(8-6-12)22(20,21)4-2/h5-8H,3-4,9-11H2,1-2H3,(H,18,19). The number of nitrogens with zero attached hydrogens (tertiary/aromatic N) is 1. The third kappa shape index (κ3) is 5.14. The fourth-order valence-corrected chi connectivity index (χ4v) is 2.88. The van der Waals surface area contributed by atoms with E-state index in [1.807, 2.05) is 6.92 Å². The summed E-state index contributed by atoms with van der Waals surface area (Å²) in [5.74, 6) is -1.31. The van der Waals surface area contributed by atoms with E-state index >= 15 is 0 Å². The van der Waals surface area contributed by atoms with E-state index in [-0.39, 0.29) is 29.5 Å². The predicted molar refractivity (Wildman–Crippen MR) is 82.4 cm³/mol. The second-order valence-electron chi connectivity index (χ2n) is 4.93. The Bertz CT molecular complexity index is 622. The van der Waals surface area contributed by atoms with Crippen molar-refractivity contribution in [3.63, 3.8) is 0 Å². The van der Waals surface area contributed by atoms with E-state index in [1.165, 1.54) is 17.0 Å². The molecule has 7 heteroatoms. The molecule has 1 aromatic rings. The van der Waals surface area contributed by atoms with Crippen molar-refractivity contribution in [2.75, 3.05) is 18.8 Å². The van der Waals surface area contributed by atoms with E-state index in [1.54, 1.807) is 19.1 Å². The summed E-state index contributed by atoms with van der Waals surface area (Å²) in [6.07, 6.45) is 0.729. The number of carbonyl (C=O) groups is 2. The Kier molecular flexibility index (Phi) is 6.55. The average molecular weight is 327 g/mol. The molecule has 0 saturated carbocycles. The van der Waals surface area contributed by atoms with Crippen molar-refractivity contribution in [3.05, 3.63) is 29.8 Å². The summed E-state index contributed by atoms with van der Waals surface area (Å²) in [7, 11) is -3.26. The minimum atomic E-state index is -3.26. The van der Waals surface area contributed by atoms with Crippen molar-refractivity contribution < 1.29 is 23.1 Å². The average Bonchev–Trinajstić information content (AvgIpc) is 2.47. The molecule has 1 aromatic carbocycles. The van der Waals surface area contributed by atoms with Gasteiger partial charge in [-0.1, -0.05) is 26.0 Å². The number of hydrogen-bond acceptors (Lipinski definition) is 4. The topological polar surface area (TPSA) is 91.8 Å². The highest BCUT2D eigenvalue weighted by atomic mass is 32.2. The largest absolute Gasteiger partial charge is 0.480 e. The minimum absolute atomic E-state index is 0.0220. The molecule has 0 aliphatic carbocycles. The van der Waals surface area contributed by atoms with E-state index in [0.717, 1.165) is 0 Å². The van der Waals surface area contributed by atoms with Crippen LogP contribution in [0.5, 0.6) is 0 Å². The van der Waals surface area contributed by atoms with Gasteiger partial charge in [0.1, 0.15) is 6.54 Å². The monoisotopic (exact) mass is 327 g/mol. The molecule has 22 heavy (non-hydrogen) atoms. The van der Waals surface area contributed by atoms with E-state index < -0.39 is 15.8 Å². The molecule has 0 aliphatic heterocycles. The number of sulfone groups is 1. The van der Waals surface area contributed by atoms with Crippen LogP contribution in [0.25, 0.3) is 0 Å². The van der Waals surface area contributed by atoms with Crippen molar-refractivity contribution in [2.24, 2.45) is 0 Å². The second-order valence-corrected chi connectivity index (χ2v) is 7.21. The van der Waals surface area contributed by atoms with E-state index in [9.17, 15) is 18.0 Å². The number of carboxylic acid groups (broad SMARTS) is 1. The summed E-state index contributed by atoms with van der Waals surface area (Å²) in [4.78, 5) is 24.4. The SMILES string of the molecule is CCCN(CC(=O)O)C(=O)Cc1ccc(S(=O)(=O)CC)cc1. The Morgan fingerprint density at radius 2 is 1.73 bits per heavy atom. The van der Waals surface area contributed by atoms with Gasteiger partial charge in [0.05, 0.1) is 17.1 Å². The number of hydrogen-bond donors (Lipinski definition) is 1. The Balaban J connectivity index is 2.81. The van der Waals surface area contributed by atoms with Crippen molar-refractivity contribution in [1.82, 2.24) is 4.90 Å². The second kappa shape index (κ2) is 7.93. The zero-order valence-corrected chi connectivity index (χ0v) is 13.6. The number of carboxylic acids is 1. The Hall–Kier alpha value is -1.89. The lowest BCUT2D eigenvalue weighted by Gasteiger charge is -2.20. The first-order valence-corrected chi connectivity index (χ1v) is 8.76. The maximum absolute atomic E-state index is 12.1. The minimum Gasteiger partial charge on any atom is -0.480 e. The highest BCUT2D eigenvalue weighted by Crippen LogP contribution is 2.13.